The molecular weight excluding hydrogens is 366 g/mol. The van der Waals surface area contributed by atoms with Crippen LogP contribution in [0.25, 0.3) is 11.5 Å². The van der Waals surface area contributed by atoms with E-state index in [1.165, 1.54) is 16.7 Å². The Hall–Kier alpha value is -3.41. The molecule has 3 aromatic rings. The van der Waals surface area contributed by atoms with Gasteiger partial charge < -0.3 is 9.73 Å². The molecule has 2 aromatic carbocycles. The van der Waals surface area contributed by atoms with Crippen molar-refractivity contribution < 1.29 is 14.0 Å². The van der Waals surface area contributed by atoms with Gasteiger partial charge in [-0.3, -0.25) is 9.69 Å². The first-order valence-electron chi connectivity index (χ1n) is 9.72. The molecule has 1 saturated heterocycles. The van der Waals surface area contributed by atoms with Gasteiger partial charge in [0, 0.05) is 5.56 Å². The highest BCUT2D eigenvalue weighted by Crippen LogP contribution is 2.41. The number of imide groups is 1. The zero-order valence-electron chi connectivity index (χ0n) is 16.4. The third-order valence-electron chi connectivity index (χ3n) is 5.91. The van der Waals surface area contributed by atoms with Crippen LogP contribution < -0.4 is 5.32 Å². The maximum atomic E-state index is 13.3. The Balaban J connectivity index is 1.42. The third-order valence-corrected chi connectivity index (χ3v) is 5.91. The molecule has 0 saturated carbocycles. The van der Waals surface area contributed by atoms with E-state index in [1.54, 1.807) is 0 Å². The second kappa shape index (κ2) is 6.30. The second-order valence-corrected chi connectivity index (χ2v) is 7.85. The number of oxazole rings is 1. The number of aryl methyl sites for hydroxylation is 3. The van der Waals surface area contributed by atoms with Crippen LogP contribution >= 0.6 is 0 Å². The Bertz CT molecular complexity index is 1150. The molecule has 1 atom stereocenters. The van der Waals surface area contributed by atoms with E-state index in [0.717, 1.165) is 28.7 Å². The number of benzene rings is 2. The Morgan fingerprint density at radius 3 is 2.83 bits per heavy atom. The number of amides is 3. The third kappa shape index (κ3) is 2.67. The summed E-state index contributed by atoms with van der Waals surface area (Å²) < 4.78 is 5.64. The summed E-state index contributed by atoms with van der Waals surface area (Å²) in [6.45, 7) is 4.13. The lowest BCUT2D eigenvalue weighted by molar-refractivity contribution is -0.132. The van der Waals surface area contributed by atoms with Gasteiger partial charge in [0.15, 0.2) is 0 Å². The second-order valence-electron chi connectivity index (χ2n) is 7.85. The Labute approximate surface area is 168 Å². The van der Waals surface area contributed by atoms with Gasteiger partial charge in [-0.25, -0.2) is 9.78 Å². The molecule has 6 nitrogen and oxygen atoms in total. The highest BCUT2D eigenvalue weighted by atomic mass is 16.3. The average Bonchev–Trinajstić information content (AvgIpc) is 3.37. The normalized spacial score (nSPS) is 20.4. The Morgan fingerprint density at radius 1 is 1.17 bits per heavy atom. The van der Waals surface area contributed by atoms with Gasteiger partial charge >= 0.3 is 6.03 Å². The fraction of sp³-hybridized carbons (Fsp3) is 0.261. The molecule has 1 N–H and O–H groups in total. The van der Waals surface area contributed by atoms with Crippen LogP contribution in [0, 0.1) is 13.8 Å². The van der Waals surface area contributed by atoms with Crippen molar-refractivity contribution in [1.82, 2.24) is 15.2 Å². The van der Waals surface area contributed by atoms with Crippen LogP contribution in [0.1, 0.15) is 34.4 Å². The van der Waals surface area contributed by atoms with E-state index in [0.29, 0.717) is 18.0 Å². The first-order chi connectivity index (χ1) is 14.0. The molecule has 2 aliphatic rings. The van der Waals surface area contributed by atoms with E-state index in [1.807, 2.05) is 50.2 Å². The summed E-state index contributed by atoms with van der Waals surface area (Å²) in [5.74, 6) is 0.272. The number of aromatic nitrogens is 1. The summed E-state index contributed by atoms with van der Waals surface area (Å²) in [4.78, 5) is 31.7. The maximum Gasteiger partial charge on any atom is 0.325 e. The van der Waals surface area contributed by atoms with Crippen LogP contribution in [0.3, 0.4) is 0 Å². The summed E-state index contributed by atoms with van der Waals surface area (Å²) in [5.41, 5.74) is 4.74. The van der Waals surface area contributed by atoms with Crippen LogP contribution in [0.5, 0.6) is 0 Å². The van der Waals surface area contributed by atoms with Gasteiger partial charge in [-0.05, 0) is 49.4 Å². The van der Waals surface area contributed by atoms with E-state index in [2.05, 4.69) is 16.4 Å². The molecule has 1 fully saturated rings. The van der Waals surface area contributed by atoms with Gasteiger partial charge in [0.25, 0.3) is 5.91 Å². The molecule has 0 bridgehead atoms. The SMILES string of the molecule is Cc1ccc(-c2nc(CN3C(=O)N[C@@]4(CCc5ccccc54)C3=O)co2)c(C)c1. The minimum atomic E-state index is -0.951. The molecule has 6 heteroatoms. The summed E-state index contributed by atoms with van der Waals surface area (Å²) in [7, 11) is 0. The predicted molar refractivity (Wildman–Crippen MR) is 107 cm³/mol. The lowest BCUT2D eigenvalue weighted by Crippen LogP contribution is -2.41. The highest BCUT2D eigenvalue weighted by Gasteiger charge is 2.55. The van der Waals surface area contributed by atoms with E-state index in [4.69, 9.17) is 4.42 Å². The number of carbonyl (C=O) groups excluding carboxylic acids is 2. The van der Waals surface area contributed by atoms with Gasteiger partial charge in [0.05, 0.1) is 12.2 Å². The number of rotatable bonds is 3. The van der Waals surface area contributed by atoms with E-state index in [-0.39, 0.29) is 18.5 Å². The highest BCUT2D eigenvalue weighted by molar-refractivity contribution is 6.08. The fourth-order valence-electron chi connectivity index (χ4n) is 4.45. The molecule has 3 amide bonds. The molecule has 2 heterocycles. The van der Waals surface area contributed by atoms with Gasteiger partial charge in [-0.1, -0.05) is 42.0 Å². The zero-order chi connectivity index (χ0) is 20.2. The van der Waals surface area contributed by atoms with Crippen LogP contribution in [0.15, 0.2) is 53.1 Å². The van der Waals surface area contributed by atoms with Crippen LogP contribution in [-0.4, -0.2) is 21.8 Å². The van der Waals surface area contributed by atoms with Crippen molar-refractivity contribution in [3.05, 3.63) is 76.7 Å². The maximum absolute atomic E-state index is 13.3. The number of nitrogens with one attached hydrogen (secondary N) is 1. The summed E-state index contributed by atoms with van der Waals surface area (Å²) in [5, 5.41) is 2.94. The lowest BCUT2D eigenvalue weighted by atomic mass is 9.92. The summed E-state index contributed by atoms with van der Waals surface area (Å²) >= 11 is 0. The molecule has 1 aliphatic heterocycles. The fourth-order valence-corrected chi connectivity index (χ4v) is 4.45. The number of hydrogen-bond acceptors (Lipinski definition) is 4. The van der Waals surface area contributed by atoms with Gasteiger partial charge in [-0.2, -0.15) is 0 Å². The number of carbonyl (C=O) groups is 2. The zero-order valence-corrected chi connectivity index (χ0v) is 16.4. The van der Waals surface area contributed by atoms with Crippen molar-refractivity contribution in [2.75, 3.05) is 0 Å². The number of hydrogen-bond donors (Lipinski definition) is 1. The van der Waals surface area contributed by atoms with E-state index < -0.39 is 5.54 Å². The molecule has 5 rings (SSSR count). The molecule has 0 unspecified atom stereocenters. The number of fused-ring (bicyclic) bond motifs is 2. The monoisotopic (exact) mass is 387 g/mol. The summed E-state index contributed by atoms with van der Waals surface area (Å²) in [6.07, 6.45) is 2.87. The minimum absolute atomic E-state index is 0.0863. The molecule has 1 spiro atoms. The van der Waals surface area contributed by atoms with Crippen molar-refractivity contribution in [1.29, 1.82) is 0 Å². The molecule has 0 radical (unpaired) electrons. The van der Waals surface area contributed by atoms with Crippen LogP contribution in [0.4, 0.5) is 4.79 Å². The first-order valence-corrected chi connectivity index (χ1v) is 9.72. The van der Waals surface area contributed by atoms with Crippen molar-refractivity contribution in [2.24, 2.45) is 0 Å². The van der Waals surface area contributed by atoms with Gasteiger partial charge in [-0.15, -0.1) is 0 Å². The number of urea groups is 1. The molecular formula is C23H21N3O3. The van der Waals surface area contributed by atoms with Gasteiger partial charge in [0.2, 0.25) is 5.89 Å². The standard InChI is InChI=1S/C23H21N3O3/c1-14-7-8-18(15(2)11-14)20-24-17(13-29-20)12-26-21(27)23(25-22(26)28)10-9-16-5-3-4-6-19(16)23/h3-8,11,13H,9-10,12H2,1-2H3,(H,25,28)/t23-/m1/s1. The smallest absolute Gasteiger partial charge is 0.325 e. The van der Waals surface area contributed by atoms with Crippen molar-refractivity contribution in [3.8, 4) is 11.5 Å². The summed E-state index contributed by atoms with van der Waals surface area (Å²) in [6, 6.07) is 13.5. The molecule has 1 aromatic heterocycles. The molecule has 1 aliphatic carbocycles. The largest absolute Gasteiger partial charge is 0.444 e. The first kappa shape index (κ1) is 17.7. The van der Waals surface area contributed by atoms with Crippen molar-refractivity contribution in [3.63, 3.8) is 0 Å². The van der Waals surface area contributed by atoms with Crippen molar-refractivity contribution >= 4 is 11.9 Å². The quantitative estimate of drug-likeness (QED) is 0.693. The predicted octanol–water partition coefficient (Wildman–Crippen LogP) is 3.85. The average molecular weight is 387 g/mol. The number of nitrogens with zero attached hydrogens (tertiary/aromatic N) is 2. The van der Waals surface area contributed by atoms with Crippen molar-refractivity contribution in [2.45, 2.75) is 38.8 Å². The lowest BCUT2D eigenvalue weighted by Gasteiger charge is -2.22. The molecule has 146 valence electrons. The van der Waals surface area contributed by atoms with Gasteiger partial charge in [0.1, 0.15) is 11.8 Å². The molecule has 29 heavy (non-hydrogen) atoms. The topological polar surface area (TPSA) is 75.4 Å². The Morgan fingerprint density at radius 2 is 2.00 bits per heavy atom. The minimum Gasteiger partial charge on any atom is -0.444 e. The van der Waals surface area contributed by atoms with E-state index >= 15 is 0 Å². The van der Waals surface area contributed by atoms with E-state index in [9.17, 15) is 9.59 Å². The van der Waals surface area contributed by atoms with Crippen LogP contribution in [0.2, 0.25) is 0 Å². The Kier molecular flexibility index (Phi) is 3.84. The van der Waals surface area contributed by atoms with Crippen LogP contribution in [-0.2, 0) is 23.3 Å².